The molecule has 0 radical (unpaired) electrons. The van der Waals surface area contributed by atoms with Crippen molar-refractivity contribution in [2.75, 3.05) is 24.6 Å². The number of sulfonamides is 1. The zero-order chi connectivity index (χ0) is 23.1. The predicted octanol–water partition coefficient (Wildman–Crippen LogP) is 3.06. The number of carbonyl (C=O) groups is 1. The Morgan fingerprint density at radius 2 is 1.84 bits per heavy atom. The molecule has 172 valence electrons. The summed E-state index contributed by atoms with van der Waals surface area (Å²) in [5, 5.41) is 0. The number of nitrogens with one attached hydrogen (secondary N) is 3. The number of amides is 1. The number of hydrazine groups is 1. The van der Waals surface area contributed by atoms with Crippen LogP contribution in [0.25, 0.3) is 6.08 Å². The van der Waals surface area contributed by atoms with Gasteiger partial charge in [0.1, 0.15) is 5.82 Å². The van der Waals surface area contributed by atoms with E-state index in [-0.39, 0.29) is 17.8 Å². The fourth-order valence-corrected chi connectivity index (χ4v) is 4.15. The Bertz CT molecular complexity index is 1040. The molecule has 0 aromatic heterocycles. The maximum atomic E-state index is 13.1. The van der Waals surface area contributed by atoms with Crippen LogP contribution in [0.3, 0.4) is 0 Å². The molecule has 0 saturated carbocycles. The summed E-state index contributed by atoms with van der Waals surface area (Å²) >= 11 is 0. The van der Waals surface area contributed by atoms with Crippen molar-refractivity contribution in [2.45, 2.75) is 31.3 Å². The largest absolute Gasteiger partial charge is 0.342 e. The third-order valence-electron chi connectivity index (χ3n) is 5.31. The van der Waals surface area contributed by atoms with E-state index >= 15 is 0 Å². The molecule has 32 heavy (non-hydrogen) atoms. The second kappa shape index (κ2) is 10.7. The summed E-state index contributed by atoms with van der Waals surface area (Å²) in [5.74, 6) is -0.330. The van der Waals surface area contributed by atoms with Crippen molar-refractivity contribution >= 4 is 27.7 Å². The van der Waals surface area contributed by atoms with Crippen molar-refractivity contribution in [3.8, 4) is 0 Å². The van der Waals surface area contributed by atoms with Crippen LogP contribution >= 0.6 is 0 Å². The Balaban J connectivity index is 1.40. The second-order valence-electron chi connectivity index (χ2n) is 8.06. The number of likely N-dealkylation sites (N-methyl/N-ethyl adjacent to an activating group) is 1. The molecule has 2 aromatic rings. The van der Waals surface area contributed by atoms with Crippen LogP contribution < -0.4 is 15.6 Å². The van der Waals surface area contributed by atoms with E-state index in [4.69, 9.17) is 0 Å². The lowest BCUT2D eigenvalue weighted by atomic mass is 9.99. The molecular weight excluding hydrogens is 431 g/mol. The van der Waals surface area contributed by atoms with E-state index in [0.29, 0.717) is 18.3 Å². The lowest BCUT2D eigenvalue weighted by Gasteiger charge is -2.16. The Morgan fingerprint density at radius 1 is 1.16 bits per heavy atom. The van der Waals surface area contributed by atoms with Crippen molar-refractivity contribution in [3.63, 3.8) is 0 Å². The van der Waals surface area contributed by atoms with E-state index in [9.17, 15) is 17.6 Å². The minimum absolute atomic E-state index is 0.0926. The first-order valence-electron chi connectivity index (χ1n) is 10.5. The fraction of sp³-hybridized carbons (Fsp3) is 0.348. The molecule has 0 aliphatic carbocycles. The lowest BCUT2D eigenvalue weighted by Crippen LogP contribution is -2.32. The number of carbonyl (C=O) groups excluding carboxylic acids is 1. The zero-order valence-corrected chi connectivity index (χ0v) is 19.0. The van der Waals surface area contributed by atoms with E-state index in [1.807, 2.05) is 0 Å². The van der Waals surface area contributed by atoms with Crippen LogP contribution in [0.15, 0.2) is 54.6 Å². The van der Waals surface area contributed by atoms with Gasteiger partial charge in [0, 0.05) is 37.4 Å². The number of halogens is 1. The molecule has 2 atom stereocenters. The topological polar surface area (TPSA) is 90.5 Å². The van der Waals surface area contributed by atoms with Crippen molar-refractivity contribution in [3.05, 3.63) is 71.6 Å². The van der Waals surface area contributed by atoms with Gasteiger partial charge in [-0.15, -0.1) is 0 Å². The number of hydrogen-bond donors (Lipinski definition) is 3. The molecule has 0 bridgehead atoms. The molecule has 1 heterocycles. The van der Waals surface area contributed by atoms with Gasteiger partial charge in [-0.1, -0.05) is 24.3 Å². The number of hydrogen-bond acceptors (Lipinski definition) is 5. The van der Waals surface area contributed by atoms with Crippen LogP contribution in [0, 0.1) is 5.82 Å². The van der Waals surface area contributed by atoms with E-state index in [1.54, 1.807) is 54.4 Å². The first kappa shape index (κ1) is 23.9. The molecule has 1 aliphatic heterocycles. The monoisotopic (exact) mass is 460 g/mol. The summed E-state index contributed by atoms with van der Waals surface area (Å²) in [6, 6.07) is 13.8. The summed E-state index contributed by atoms with van der Waals surface area (Å²) in [6.07, 6.45) is 7.00. The lowest BCUT2D eigenvalue weighted by molar-refractivity contribution is -0.124. The molecule has 1 saturated heterocycles. The smallest absolute Gasteiger partial charge is 0.246 e. The van der Waals surface area contributed by atoms with Crippen molar-refractivity contribution in [2.24, 2.45) is 0 Å². The maximum Gasteiger partial charge on any atom is 0.246 e. The van der Waals surface area contributed by atoms with Crippen LogP contribution in [-0.4, -0.2) is 45.1 Å². The van der Waals surface area contributed by atoms with Crippen LogP contribution in [0.2, 0.25) is 0 Å². The highest BCUT2D eigenvalue weighted by molar-refractivity contribution is 7.92. The van der Waals surface area contributed by atoms with Gasteiger partial charge in [0.15, 0.2) is 0 Å². The number of nitrogens with zero attached hydrogens (tertiary/aromatic N) is 1. The van der Waals surface area contributed by atoms with Gasteiger partial charge in [-0.25, -0.2) is 12.8 Å². The zero-order valence-electron chi connectivity index (χ0n) is 18.2. The molecule has 9 heteroatoms. The Kier molecular flexibility index (Phi) is 8.00. The molecule has 1 fully saturated rings. The van der Waals surface area contributed by atoms with Gasteiger partial charge in [0.05, 0.1) is 6.26 Å². The average molecular weight is 461 g/mol. The number of benzene rings is 2. The summed E-state index contributed by atoms with van der Waals surface area (Å²) < 4.78 is 38.0. The van der Waals surface area contributed by atoms with Crippen LogP contribution in [0.5, 0.6) is 0 Å². The Hall–Kier alpha value is -2.75. The third-order valence-corrected chi connectivity index (χ3v) is 5.92. The summed E-state index contributed by atoms with van der Waals surface area (Å²) in [6.45, 7) is 0.639. The van der Waals surface area contributed by atoms with Crippen LogP contribution in [-0.2, 0) is 14.8 Å². The Morgan fingerprint density at radius 3 is 2.50 bits per heavy atom. The maximum absolute atomic E-state index is 13.1. The molecular formula is C23H29FN4O3S. The molecule has 3 rings (SSSR count). The molecule has 2 aromatic carbocycles. The molecule has 3 N–H and O–H groups in total. The van der Waals surface area contributed by atoms with Crippen molar-refractivity contribution in [1.29, 1.82) is 0 Å². The normalized spacial score (nSPS) is 18.7. The van der Waals surface area contributed by atoms with Crippen molar-refractivity contribution in [1.82, 2.24) is 15.8 Å². The van der Waals surface area contributed by atoms with Gasteiger partial charge < -0.3 is 4.90 Å². The highest BCUT2D eigenvalue weighted by Gasteiger charge is 2.24. The second-order valence-corrected chi connectivity index (χ2v) is 9.81. The van der Waals surface area contributed by atoms with Gasteiger partial charge in [0.2, 0.25) is 15.9 Å². The standard InChI is InChI=1S/C23H29FN4O3S/c1-28(23(29)14-7-17-5-12-20(13-6-17)27-32(2,30)31)15-3-4-21-16-22(26-25-21)18-8-10-19(24)11-9-18/h5-14,21-22,25-27H,3-4,15-16H2,1-2H3/b14-7+. The third kappa shape index (κ3) is 7.44. The van der Waals surface area contributed by atoms with E-state index in [1.165, 1.54) is 18.2 Å². The van der Waals surface area contributed by atoms with Gasteiger partial charge in [0.25, 0.3) is 0 Å². The summed E-state index contributed by atoms with van der Waals surface area (Å²) in [7, 11) is -1.54. The Labute approximate surface area is 188 Å². The molecule has 0 spiro atoms. The van der Waals surface area contributed by atoms with Gasteiger partial charge in [-0.3, -0.25) is 20.4 Å². The molecule has 1 amide bonds. The SMILES string of the molecule is CN(CCCC1CC(c2ccc(F)cc2)NN1)C(=O)/C=C/c1ccc(NS(C)(=O)=O)cc1. The summed E-state index contributed by atoms with van der Waals surface area (Å²) in [4.78, 5) is 14.0. The van der Waals surface area contributed by atoms with E-state index < -0.39 is 10.0 Å². The van der Waals surface area contributed by atoms with E-state index in [2.05, 4.69) is 15.6 Å². The molecule has 1 aliphatic rings. The average Bonchev–Trinajstić information content (AvgIpc) is 3.21. The predicted molar refractivity (Wildman–Crippen MR) is 125 cm³/mol. The van der Waals surface area contributed by atoms with Crippen molar-refractivity contribution < 1.29 is 17.6 Å². The minimum atomic E-state index is -3.31. The first-order valence-corrected chi connectivity index (χ1v) is 12.4. The fourth-order valence-electron chi connectivity index (χ4n) is 3.58. The molecule has 7 nitrogen and oxygen atoms in total. The highest BCUT2D eigenvalue weighted by atomic mass is 32.2. The minimum Gasteiger partial charge on any atom is -0.342 e. The highest BCUT2D eigenvalue weighted by Crippen LogP contribution is 2.24. The van der Waals surface area contributed by atoms with Gasteiger partial charge in [-0.2, -0.15) is 0 Å². The molecule has 2 unspecified atom stereocenters. The van der Waals surface area contributed by atoms with E-state index in [0.717, 1.165) is 36.6 Å². The van der Waals surface area contributed by atoms with Gasteiger partial charge in [-0.05, 0) is 60.7 Å². The number of anilines is 1. The van der Waals surface area contributed by atoms with Crippen LogP contribution in [0.4, 0.5) is 10.1 Å². The van der Waals surface area contributed by atoms with Gasteiger partial charge >= 0.3 is 0 Å². The summed E-state index contributed by atoms with van der Waals surface area (Å²) in [5.41, 5.74) is 8.88. The van der Waals surface area contributed by atoms with Crippen LogP contribution in [0.1, 0.15) is 36.4 Å². The first-order chi connectivity index (χ1) is 15.2. The number of rotatable bonds is 9. The quantitative estimate of drug-likeness (QED) is 0.501.